The molecular formula is C50H32F2N2S. The molecule has 5 heteroatoms. The number of hydrogen-bond acceptors (Lipinski definition) is 2. The van der Waals surface area contributed by atoms with E-state index >= 15 is 0 Å². The maximum Gasteiger partial charge on any atom is 0.123 e. The van der Waals surface area contributed by atoms with Crippen LogP contribution in [-0.4, -0.2) is 4.57 Å². The molecule has 0 saturated carbocycles. The van der Waals surface area contributed by atoms with Gasteiger partial charge in [0, 0.05) is 43.1 Å². The van der Waals surface area contributed by atoms with E-state index in [4.69, 9.17) is 0 Å². The predicted octanol–water partition coefficient (Wildman–Crippen LogP) is 14.7. The van der Waals surface area contributed by atoms with Gasteiger partial charge in [0.15, 0.2) is 0 Å². The highest BCUT2D eigenvalue weighted by atomic mass is 32.1. The predicted molar refractivity (Wildman–Crippen MR) is 227 cm³/mol. The number of halogens is 2. The maximum atomic E-state index is 14.1. The summed E-state index contributed by atoms with van der Waals surface area (Å²) in [5.41, 5.74) is 11.5. The summed E-state index contributed by atoms with van der Waals surface area (Å²) in [4.78, 5) is 3.37. The number of thiophene rings is 1. The minimum absolute atomic E-state index is 0.262. The van der Waals surface area contributed by atoms with E-state index in [1.165, 1.54) is 61.1 Å². The smallest absolute Gasteiger partial charge is 0.123 e. The molecule has 0 saturated heterocycles. The topological polar surface area (TPSA) is 8.17 Å². The SMILES string of the molecule is Fc1ccc(-c2ccc(N(c3ccc(F)cc3)c3ccc(-c4ccc5c(c4)c4cc(-c6cc7ccccc7s6)ccc4n5-c4ccccc4)cc3)cc2)cc1. The van der Waals surface area contributed by atoms with Gasteiger partial charge in [0.2, 0.25) is 0 Å². The summed E-state index contributed by atoms with van der Waals surface area (Å²) < 4.78 is 31.3. The van der Waals surface area contributed by atoms with E-state index in [0.29, 0.717) is 0 Å². The molecule has 8 aromatic carbocycles. The Morgan fingerprint density at radius 3 is 1.45 bits per heavy atom. The first-order valence-electron chi connectivity index (χ1n) is 18.2. The first kappa shape index (κ1) is 32.8. The van der Waals surface area contributed by atoms with E-state index in [1.54, 1.807) is 24.3 Å². The van der Waals surface area contributed by atoms with Crippen LogP contribution in [0.2, 0.25) is 0 Å². The first-order chi connectivity index (χ1) is 27.1. The van der Waals surface area contributed by atoms with Crippen LogP contribution in [0, 0.1) is 11.6 Å². The van der Waals surface area contributed by atoms with Gasteiger partial charge in [-0.05, 0) is 142 Å². The number of hydrogen-bond donors (Lipinski definition) is 0. The largest absolute Gasteiger partial charge is 0.311 e. The van der Waals surface area contributed by atoms with Gasteiger partial charge in [-0.3, -0.25) is 0 Å². The van der Waals surface area contributed by atoms with Gasteiger partial charge in [0.1, 0.15) is 11.6 Å². The lowest BCUT2D eigenvalue weighted by Crippen LogP contribution is -2.09. The molecule has 0 spiro atoms. The van der Waals surface area contributed by atoms with Crippen LogP contribution in [-0.2, 0) is 0 Å². The van der Waals surface area contributed by atoms with Gasteiger partial charge in [-0.2, -0.15) is 0 Å². The first-order valence-corrected chi connectivity index (χ1v) is 19.0. The molecule has 55 heavy (non-hydrogen) atoms. The van der Waals surface area contributed by atoms with Crippen molar-refractivity contribution >= 4 is 60.3 Å². The molecule has 0 aliphatic carbocycles. The van der Waals surface area contributed by atoms with Gasteiger partial charge in [0.05, 0.1) is 11.0 Å². The lowest BCUT2D eigenvalue weighted by Gasteiger charge is -2.26. The second-order valence-corrected chi connectivity index (χ2v) is 14.8. The summed E-state index contributed by atoms with van der Waals surface area (Å²) in [5, 5.41) is 3.66. The van der Waals surface area contributed by atoms with Crippen molar-refractivity contribution in [2.75, 3.05) is 4.90 Å². The average molecular weight is 731 g/mol. The number of benzene rings is 8. The number of para-hydroxylation sites is 1. The third kappa shape index (κ3) is 6.05. The molecule has 2 heterocycles. The molecule has 0 amide bonds. The number of aromatic nitrogens is 1. The molecule has 262 valence electrons. The van der Waals surface area contributed by atoms with Crippen molar-refractivity contribution in [1.29, 1.82) is 0 Å². The molecule has 2 aromatic heterocycles. The molecule has 0 fully saturated rings. The van der Waals surface area contributed by atoms with E-state index in [-0.39, 0.29) is 11.6 Å². The lowest BCUT2D eigenvalue weighted by molar-refractivity contribution is 0.627. The lowest BCUT2D eigenvalue weighted by atomic mass is 10.0. The average Bonchev–Trinajstić information content (AvgIpc) is 3.82. The summed E-state index contributed by atoms with van der Waals surface area (Å²) in [5.74, 6) is -0.548. The molecular weight excluding hydrogens is 699 g/mol. The van der Waals surface area contributed by atoms with Crippen molar-refractivity contribution in [3.05, 3.63) is 206 Å². The quantitative estimate of drug-likeness (QED) is 0.159. The van der Waals surface area contributed by atoms with E-state index in [1.807, 2.05) is 35.6 Å². The Morgan fingerprint density at radius 1 is 0.400 bits per heavy atom. The second-order valence-electron chi connectivity index (χ2n) is 13.7. The Bertz CT molecular complexity index is 2930. The minimum Gasteiger partial charge on any atom is -0.311 e. The molecule has 0 N–H and O–H groups in total. The van der Waals surface area contributed by atoms with Gasteiger partial charge in [-0.25, -0.2) is 8.78 Å². The summed E-state index contributed by atoms with van der Waals surface area (Å²) >= 11 is 1.83. The van der Waals surface area contributed by atoms with Gasteiger partial charge in [-0.1, -0.05) is 84.9 Å². The Hall–Kier alpha value is -6.82. The highest BCUT2D eigenvalue weighted by Gasteiger charge is 2.17. The highest BCUT2D eigenvalue weighted by Crippen LogP contribution is 2.41. The standard InChI is InChI=1S/C50H32F2N2S/c51-39-18-10-33(11-19-39)34-12-22-42(23-13-34)53(44-26-20-40(52)21-27-44)43-24-14-35(15-25-43)36-16-28-47-45(30-36)46-31-38(50-32-37-6-4-5-9-49(37)55-50)17-29-48(46)54(47)41-7-2-1-3-8-41/h1-32H. The fraction of sp³-hybridized carbons (Fsp3) is 0. The zero-order chi connectivity index (χ0) is 36.9. The molecule has 0 unspecified atom stereocenters. The van der Waals surface area contributed by atoms with Gasteiger partial charge in [0.25, 0.3) is 0 Å². The van der Waals surface area contributed by atoms with Crippen LogP contribution in [0.15, 0.2) is 194 Å². The normalized spacial score (nSPS) is 11.5. The number of nitrogens with zero attached hydrogens (tertiary/aromatic N) is 2. The van der Waals surface area contributed by atoms with Crippen molar-refractivity contribution < 1.29 is 8.78 Å². The number of anilines is 3. The highest BCUT2D eigenvalue weighted by molar-refractivity contribution is 7.22. The van der Waals surface area contributed by atoms with Crippen LogP contribution < -0.4 is 4.90 Å². The van der Waals surface area contributed by atoms with Crippen LogP contribution in [0.3, 0.4) is 0 Å². The molecule has 2 nitrogen and oxygen atoms in total. The summed E-state index contributed by atoms with van der Waals surface area (Å²) in [6.07, 6.45) is 0. The van der Waals surface area contributed by atoms with Gasteiger partial charge >= 0.3 is 0 Å². The zero-order valence-corrected chi connectivity index (χ0v) is 30.4. The molecule has 0 bridgehead atoms. The van der Waals surface area contributed by atoms with Crippen LogP contribution in [0.5, 0.6) is 0 Å². The van der Waals surface area contributed by atoms with Crippen molar-refractivity contribution in [2.24, 2.45) is 0 Å². The van der Waals surface area contributed by atoms with E-state index in [9.17, 15) is 8.78 Å². The third-order valence-electron chi connectivity index (χ3n) is 10.3. The summed E-state index contributed by atoms with van der Waals surface area (Å²) in [6.45, 7) is 0. The van der Waals surface area contributed by atoms with Gasteiger partial charge < -0.3 is 9.47 Å². The maximum absolute atomic E-state index is 14.1. The molecule has 10 aromatic rings. The molecule has 0 atom stereocenters. The van der Waals surface area contributed by atoms with Crippen molar-refractivity contribution in [3.63, 3.8) is 0 Å². The van der Waals surface area contributed by atoms with Crippen LogP contribution in [0.1, 0.15) is 0 Å². The van der Waals surface area contributed by atoms with E-state index < -0.39 is 0 Å². The third-order valence-corrected chi connectivity index (χ3v) is 11.5. The molecule has 0 aliphatic heterocycles. The van der Waals surface area contributed by atoms with Gasteiger partial charge in [-0.15, -0.1) is 11.3 Å². The molecule has 0 radical (unpaired) electrons. The number of rotatable bonds is 7. The minimum atomic E-state index is -0.286. The summed E-state index contributed by atoms with van der Waals surface area (Å²) in [7, 11) is 0. The van der Waals surface area contributed by atoms with Crippen LogP contribution in [0.25, 0.3) is 70.3 Å². The Kier molecular flexibility index (Phi) is 8.08. The van der Waals surface area contributed by atoms with Crippen molar-refractivity contribution in [3.8, 4) is 38.4 Å². The number of fused-ring (bicyclic) bond motifs is 4. The van der Waals surface area contributed by atoms with Crippen LogP contribution >= 0.6 is 11.3 Å². The van der Waals surface area contributed by atoms with E-state index in [2.05, 4.69) is 131 Å². The Morgan fingerprint density at radius 2 is 0.855 bits per heavy atom. The Labute approximate surface area is 321 Å². The molecule has 10 rings (SSSR count). The second kappa shape index (κ2) is 13.5. The summed E-state index contributed by atoms with van der Waals surface area (Å²) in [6, 6.07) is 64.7. The van der Waals surface area contributed by atoms with Crippen molar-refractivity contribution in [1.82, 2.24) is 4.57 Å². The fourth-order valence-electron chi connectivity index (χ4n) is 7.62. The zero-order valence-electron chi connectivity index (χ0n) is 29.5. The van der Waals surface area contributed by atoms with Crippen LogP contribution in [0.4, 0.5) is 25.8 Å². The van der Waals surface area contributed by atoms with Crippen molar-refractivity contribution in [2.45, 2.75) is 0 Å². The fourth-order valence-corrected chi connectivity index (χ4v) is 8.68. The van der Waals surface area contributed by atoms with E-state index in [0.717, 1.165) is 50.5 Å². The Balaban J connectivity index is 1.05. The monoisotopic (exact) mass is 730 g/mol. The molecule has 0 aliphatic rings.